The quantitative estimate of drug-likeness (QED) is 0.391. The summed E-state index contributed by atoms with van der Waals surface area (Å²) >= 11 is 0. The van der Waals surface area contributed by atoms with E-state index >= 15 is 8.78 Å². The summed E-state index contributed by atoms with van der Waals surface area (Å²) in [6.07, 6.45) is 12.1. The molecule has 0 bridgehead atoms. The fourth-order valence-electron chi connectivity index (χ4n) is 5.78. The standard InChI is InChI=1S/C30H37F3/c1-3-4-21-9-13-24(14-10-21)26-17-18-27(30(33)29(26)32)25-15-11-22(12-16-25)7-8-23-6-5-20(2)28(31)19-23/h11-12,15-21,23-24H,3-10,13-14H2,1-2H3. The Bertz CT molecular complexity index is 951. The molecule has 1 saturated carbocycles. The second-order valence-corrected chi connectivity index (χ2v) is 10.4. The van der Waals surface area contributed by atoms with E-state index in [9.17, 15) is 4.39 Å². The average Bonchev–Trinajstić information content (AvgIpc) is 2.83. The van der Waals surface area contributed by atoms with Gasteiger partial charge < -0.3 is 0 Å². The average molecular weight is 455 g/mol. The molecule has 0 radical (unpaired) electrons. The lowest BCUT2D eigenvalue weighted by Gasteiger charge is -2.29. The van der Waals surface area contributed by atoms with Crippen LogP contribution in [0.3, 0.4) is 0 Å². The maximum atomic E-state index is 15.0. The maximum absolute atomic E-state index is 15.0. The van der Waals surface area contributed by atoms with E-state index in [1.54, 1.807) is 18.2 Å². The third kappa shape index (κ3) is 5.73. The minimum Gasteiger partial charge on any atom is -0.212 e. The van der Waals surface area contributed by atoms with Gasteiger partial charge in [-0.05, 0) is 91.9 Å². The van der Waals surface area contributed by atoms with Crippen molar-refractivity contribution >= 4 is 0 Å². The first-order valence-corrected chi connectivity index (χ1v) is 12.9. The summed E-state index contributed by atoms with van der Waals surface area (Å²) in [6.45, 7) is 4.15. The normalized spacial score (nSPS) is 25.7. The molecule has 4 rings (SSSR count). The van der Waals surface area contributed by atoms with Crippen molar-refractivity contribution in [1.82, 2.24) is 0 Å². The summed E-state index contributed by atoms with van der Waals surface area (Å²) in [6, 6.07) is 11.3. The molecule has 0 amide bonds. The van der Waals surface area contributed by atoms with E-state index in [1.165, 1.54) is 12.8 Å². The number of halogens is 3. The highest BCUT2D eigenvalue weighted by molar-refractivity contribution is 5.65. The predicted molar refractivity (Wildman–Crippen MR) is 131 cm³/mol. The second kappa shape index (κ2) is 10.9. The van der Waals surface area contributed by atoms with Crippen LogP contribution in [0.2, 0.25) is 0 Å². The van der Waals surface area contributed by atoms with E-state index in [2.05, 4.69) is 6.92 Å². The molecule has 0 nitrogen and oxygen atoms in total. The summed E-state index contributed by atoms with van der Waals surface area (Å²) in [5.74, 6) is -0.157. The van der Waals surface area contributed by atoms with Gasteiger partial charge in [0, 0.05) is 11.5 Å². The summed E-state index contributed by atoms with van der Waals surface area (Å²) in [4.78, 5) is 0. The van der Waals surface area contributed by atoms with Gasteiger partial charge in [0.1, 0.15) is 0 Å². The van der Waals surface area contributed by atoms with Crippen molar-refractivity contribution in [2.45, 2.75) is 84.0 Å². The first kappa shape index (κ1) is 24.1. The lowest BCUT2D eigenvalue weighted by molar-refractivity contribution is 0.303. The number of allylic oxidation sites excluding steroid dienone is 2. The molecule has 2 atom stereocenters. The van der Waals surface area contributed by atoms with Crippen LogP contribution in [0.1, 0.15) is 88.7 Å². The molecule has 33 heavy (non-hydrogen) atoms. The van der Waals surface area contributed by atoms with Crippen LogP contribution in [0.25, 0.3) is 11.1 Å². The Balaban J connectivity index is 1.40. The van der Waals surface area contributed by atoms with E-state index in [4.69, 9.17) is 0 Å². The third-order valence-electron chi connectivity index (χ3n) is 8.00. The largest absolute Gasteiger partial charge is 0.212 e. The molecule has 2 unspecified atom stereocenters. The van der Waals surface area contributed by atoms with Gasteiger partial charge in [0.05, 0.1) is 5.83 Å². The van der Waals surface area contributed by atoms with Gasteiger partial charge in [-0.3, -0.25) is 0 Å². The van der Waals surface area contributed by atoms with Crippen molar-refractivity contribution in [3.05, 3.63) is 71.1 Å². The molecule has 2 aromatic carbocycles. The smallest absolute Gasteiger partial charge is 0.166 e. The maximum Gasteiger partial charge on any atom is 0.166 e. The molecule has 2 aliphatic rings. The zero-order valence-electron chi connectivity index (χ0n) is 20.1. The third-order valence-corrected chi connectivity index (χ3v) is 8.00. The minimum atomic E-state index is -0.729. The van der Waals surface area contributed by atoms with Crippen molar-refractivity contribution in [2.75, 3.05) is 0 Å². The van der Waals surface area contributed by atoms with Gasteiger partial charge in [-0.2, -0.15) is 0 Å². The predicted octanol–water partition coefficient (Wildman–Crippen LogP) is 9.54. The van der Waals surface area contributed by atoms with Gasteiger partial charge in [0.25, 0.3) is 0 Å². The van der Waals surface area contributed by atoms with Crippen molar-refractivity contribution in [3.63, 3.8) is 0 Å². The number of hydrogen-bond acceptors (Lipinski definition) is 0. The summed E-state index contributed by atoms with van der Waals surface area (Å²) in [5.41, 5.74) is 2.72. The molecule has 0 aliphatic heterocycles. The highest BCUT2D eigenvalue weighted by atomic mass is 19.2. The summed E-state index contributed by atoms with van der Waals surface area (Å²) in [7, 11) is 0. The van der Waals surface area contributed by atoms with Gasteiger partial charge in [-0.15, -0.1) is 0 Å². The van der Waals surface area contributed by atoms with Crippen LogP contribution in [0.15, 0.2) is 48.3 Å². The van der Waals surface area contributed by atoms with Crippen molar-refractivity contribution in [3.8, 4) is 11.1 Å². The second-order valence-electron chi connectivity index (χ2n) is 10.4. The Kier molecular flexibility index (Phi) is 7.98. The number of benzene rings is 2. The lowest BCUT2D eigenvalue weighted by Crippen LogP contribution is -2.15. The van der Waals surface area contributed by atoms with E-state index in [0.29, 0.717) is 16.7 Å². The highest BCUT2D eigenvalue weighted by Gasteiger charge is 2.26. The van der Waals surface area contributed by atoms with E-state index < -0.39 is 11.6 Å². The molecule has 0 N–H and O–H groups in total. The SMILES string of the molecule is CCCC1CCC(c2ccc(-c3ccc(CCC4C=C(F)C(C)CC4)cc3)c(F)c2F)CC1. The molecule has 0 spiro atoms. The van der Waals surface area contributed by atoms with Crippen LogP contribution in [0, 0.1) is 29.4 Å². The zero-order chi connectivity index (χ0) is 23.4. The van der Waals surface area contributed by atoms with E-state index in [-0.39, 0.29) is 23.6 Å². The fourth-order valence-corrected chi connectivity index (χ4v) is 5.78. The van der Waals surface area contributed by atoms with Crippen LogP contribution in [0.5, 0.6) is 0 Å². The molecule has 178 valence electrons. The van der Waals surface area contributed by atoms with Crippen LogP contribution >= 0.6 is 0 Å². The summed E-state index contributed by atoms with van der Waals surface area (Å²) < 4.78 is 43.9. The molecule has 0 saturated heterocycles. The Hall–Kier alpha value is -2.03. The van der Waals surface area contributed by atoms with Gasteiger partial charge in [-0.25, -0.2) is 13.2 Å². The number of rotatable bonds is 7. The number of hydrogen-bond donors (Lipinski definition) is 0. The van der Waals surface area contributed by atoms with Gasteiger partial charge in [0.15, 0.2) is 11.6 Å². The van der Waals surface area contributed by atoms with Gasteiger partial charge in [-0.1, -0.05) is 63.1 Å². The first-order chi connectivity index (χ1) is 16.0. The highest BCUT2D eigenvalue weighted by Crippen LogP contribution is 2.40. The molecule has 0 heterocycles. The Morgan fingerprint density at radius 2 is 1.52 bits per heavy atom. The topological polar surface area (TPSA) is 0 Å². The van der Waals surface area contributed by atoms with E-state index in [0.717, 1.165) is 62.8 Å². The lowest BCUT2D eigenvalue weighted by atomic mass is 9.77. The van der Waals surface area contributed by atoms with Crippen LogP contribution < -0.4 is 0 Å². The Morgan fingerprint density at radius 3 is 2.18 bits per heavy atom. The molecule has 1 fully saturated rings. The van der Waals surface area contributed by atoms with E-state index in [1.807, 2.05) is 31.2 Å². The van der Waals surface area contributed by atoms with Gasteiger partial charge >= 0.3 is 0 Å². The fraction of sp³-hybridized carbons (Fsp3) is 0.533. The molecule has 2 aromatic rings. The summed E-state index contributed by atoms with van der Waals surface area (Å²) in [5, 5.41) is 0. The van der Waals surface area contributed by atoms with Crippen LogP contribution in [0.4, 0.5) is 13.2 Å². The van der Waals surface area contributed by atoms with Crippen LogP contribution in [-0.4, -0.2) is 0 Å². The van der Waals surface area contributed by atoms with Crippen LogP contribution in [-0.2, 0) is 6.42 Å². The molecule has 0 aromatic heterocycles. The Labute approximate surface area is 197 Å². The molecular formula is C30H37F3. The van der Waals surface area contributed by atoms with Gasteiger partial charge in [0.2, 0.25) is 0 Å². The van der Waals surface area contributed by atoms with Crippen molar-refractivity contribution in [1.29, 1.82) is 0 Å². The first-order valence-electron chi connectivity index (χ1n) is 12.9. The zero-order valence-corrected chi connectivity index (χ0v) is 20.1. The molecular weight excluding hydrogens is 417 g/mol. The molecule has 2 aliphatic carbocycles. The Morgan fingerprint density at radius 1 is 0.788 bits per heavy atom. The van der Waals surface area contributed by atoms with Crippen molar-refractivity contribution in [2.24, 2.45) is 17.8 Å². The number of aryl methyl sites for hydroxylation is 1. The van der Waals surface area contributed by atoms with Crippen molar-refractivity contribution < 1.29 is 13.2 Å². The molecule has 3 heteroatoms. The monoisotopic (exact) mass is 454 g/mol. The minimum absolute atomic E-state index is 0.0246.